The van der Waals surface area contributed by atoms with Crippen LogP contribution in [-0.4, -0.2) is 29.1 Å². The minimum Gasteiger partial charge on any atom is -0.459 e. The maximum atomic E-state index is 11.7. The van der Waals surface area contributed by atoms with Crippen molar-refractivity contribution < 1.29 is 14.3 Å². The first-order valence-electron chi connectivity index (χ1n) is 5.72. The zero-order valence-corrected chi connectivity index (χ0v) is 11.6. The van der Waals surface area contributed by atoms with E-state index in [4.69, 9.17) is 10.5 Å². The number of rotatable bonds is 5. The van der Waals surface area contributed by atoms with E-state index in [-0.39, 0.29) is 12.4 Å². The van der Waals surface area contributed by atoms with E-state index < -0.39 is 23.1 Å². The highest BCUT2D eigenvalue weighted by Crippen LogP contribution is 2.12. The molecule has 1 atom stereocenters. The lowest BCUT2D eigenvalue weighted by Crippen LogP contribution is -2.51. The van der Waals surface area contributed by atoms with Crippen molar-refractivity contribution in [3.8, 4) is 0 Å². The van der Waals surface area contributed by atoms with Gasteiger partial charge in [-0.05, 0) is 41.5 Å². The fourth-order valence-corrected chi connectivity index (χ4v) is 1.52. The van der Waals surface area contributed by atoms with Gasteiger partial charge < -0.3 is 10.5 Å². The molecule has 100 valence electrons. The topological polar surface area (TPSA) is 81.4 Å². The molecule has 0 radical (unpaired) electrons. The minimum atomic E-state index is -0.526. The van der Waals surface area contributed by atoms with Gasteiger partial charge in [0.1, 0.15) is 11.6 Å². The highest BCUT2D eigenvalue weighted by atomic mass is 16.6. The van der Waals surface area contributed by atoms with Crippen molar-refractivity contribution in [3.63, 3.8) is 0 Å². The average molecular weight is 244 g/mol. The number of primary amides is 1. The first-order chi connectivity index (χ1) is 7.43. The predicted molar refractivity (Wildman–Crippen MR) is 66.3 cm³/mol. The van der Waals surface area contributed by atoms with Gasteiger partial charge in [0, 0.05) is 12.0 Å². The molecular formula is C12H24N2O3. The number of ether oxygens (including phenoxy) is 1. The Labute approximate surface area is 103 Å². The summed E-state index contributed by atoms with van der Waals surface area (Å²) in [6.45, 7) is 10.8. The van der Waals surface area contributed by atoms with E-state index in [1.165, 1.54) is 0 Å². The number of nitrogens with one attached hydrogen (secondary N) is 1. The second-order valence-electron chi connectivity index (χ2n) is 5.93. The van der Waals surface area contributed by atoms with E-state index in [1.807, 2.05) is 34.6 Å². The quantitative estimate of drug-likeness (QED) is 0.706. The molecule has 0 aromatic heterocycles. The molecule has 0 aliphatic carbocycles. The first-order valence-corrected chi connectivity index (χ1v) is 5.72. The van der Waals surface area contributed by atoms with Crippen LogP contribution in [0.4, 0.5) is 0 Å². The van der Waals surface area contributed by atoms with E-state index in [9.17, 15) is 9.59 Å². The van der Waals surface area contributed by atoms with Crippen molar-refractivity contribution in [2.45, 2.75) is 65.1 Å². The third-order valence-corrected chi connectivity index (χ3v) is 1.98. The molecule has 3 N–H and O–H groups in total. The Morgan fingerprint density at radius 2 is 1.71 bits per heavy atom. The zero-order chi connectivity index (χ0) is 13.9. The number of hydrogen-bond donors (Lipinski definition) is 2. The number of amides is 1. The van der Waals surface area contributed by atoms with Gasteiger partial charge in [-0.1, -0.05) is 0 Å². The van der Waals surface area contributed by atoms with Crippen LogP contribution >= 0.6 is 0 Å². The number of esters is 1. The summed E-state index contributed by atoms with van der Waals surface area (Å²) in [5, 5.41) is 3.03. The van der Waals surface area contributed by atoms with Crippen LogP contribution in [0.1, 0.15) is 48.0 Å². The van der Waals surface area contributed by atoms with Gasteiger partial charge in [0.15, 0.2) is 0 Å². The molecule has 0 aromatic carbocycles. The summed E-state index contributed by atoms with van der Waals surface area (Å²) in [4.78, 5) is 22.6. The Hall–Kier alpha value is -1.10. The highest BCUT2D eigenvalue weighted by Gasteiger charge is 2.28. The molecule has 0 saturated heterocycles. The molecule has 0 aliphatic heterocycles. The van der Waals surface area contributed by atoms with E-state index >= 15 is 0 Å². The average Bonchev–Trinajstić information content (AvgIpc) is 1.96. The normalized spacial score (nSPS) is 14.2. The summed E-state index contributed by atoms with van der Waals surface area (Å²) >= 11 is 0. The molecule has 0 spiro atoms. The molecule has 0 aromatic rings. The van der Waals surface area contributed by atoms with Crippen molar-refractivity contribution >= 4 is 11.9 Å². The Morgan fingerprint density at radius 1 is 1.24 bits per heavy atom. The van der Waals surface area contributed by atoms with E-state index in [0.29, 0.717) is 0 Å². The number of carbonyl (C=O) groups excluding carboxylic acids is 2. The molecule has 0 bridgehead atoms. The van der Waals surface area contributed by atoms with Gasteiger partial charge in [-0.3, -0.25) is 14.9 Å². The van der Waals surface area contributed by atoms with Crippen LogP contribution in [-0.2, 0) is 14.3 Å². The Kier molecular flexibility index (Phi) is 5.13. The molecule has 0 aliphatic rings. The van der Waals surface area contributed by atoms with E-state index in [2.05, 4.69) is 5.32 Å². The smallest absolute Gasteiger partial charge is 0.323 e. The molecule has 5 nitrogen and oxygen atoms in total. The van der Waals surface area contributed by atoms with Gasteiger partial charge >= 0.3 is 5.97 Å². The molecule has 1 unspecified atom stereocenters. The zero-order valence-electron chi connectivity index (χ0n) is 11.6. The van der Waals surface area contributed by atoms with Crippen molar-refractivity contribution in [2.24, 2.45) is 5.73 Å². The second-order valence-corrected chi connectivity index (χ2v) is 5.93. The summed E-state index contributed by atoms with van der Waals surface area (Å²) in [5.41, 5.74) is 4.10. The van der Waals surface area contributed by atoms with Crippen LogP contribution in [0.2, 0.25) is 0 Å². The third kappa shape index (κ3) is 7.74. The predicted octanol–water partition coefficient (Wildman–Crippen LogP) is 0.960. The molecule has 5 heteroatoms. The van der Waals surface area contributed by atoms with Gasteiger partial charge in [0.2, 0.25) is 5.91 Å². The standard InChI is InChI=1S/C12H24N2O3/c1-8(10(16)17-11(2,3)4)14-12(5,6)7-9(13)15/h8,14H,7H2,1-6H3,(H2,13,15). The van der Waals surface area contributed by atoms with Crippen molar-refractivity contribution in [1.29, 1.82) is 0 Å². The fourth-order valence-electron chi connectivity index (χ4n) is 1.52. The van der Waals surface area contributed by atoms with Gasteiger partial charge in [-0.25, -0.2) is 0 Å². The van der Waals surface area contributed by atoms with E-state index in [1.54, 1.807) is 6.92 Å². The molecule has 0 saturated carbocycles. The van der Waals surface area contributed by atoms with Crippen LogP contribution in [0.3, 0.4) is 0 Å². The van der Waals surface area contributed by atoms with Crippen molar-refractivity contribution in [3.05, 3.63) is 0 Å². The molecule has 1 amide bonds. The maximum Gasteiger partial charge on any atom is 0.323 e. The van der Waals surface area contributed by atoms with Crippen LogP contribution in [0, 0.1) is 0 Å². The summed E-state index contributed by atoms with van der Waals surface area (Å²) in [6.07, 6.45) is 0.167. The summed E-state index contributed by atoms with van der Waals surface area (Å²) in [6, 6.07) is -0.483. The monoisotopic (exact) mass is 244 g/mol. The number of carbonyl (C=O) groups is 2. The van der Waals surface area contributed by atoms with Gasteiger partial charge in [0.05, 0.1) is 0 Å². The van der Waals surface area contributed by atoms with Crippen molar-refractivity contribution in [2.75, 3.05) is 0 Å². The minimum absolute atomic E-state index is 0.167. The van der Waals surface area contributed by atoms with E-state index in [0.717, 1.165) is 0 Å². The summed E-state index contributed by atoms with van der Waals surface area (Å²) in [5.74, 6) is -0.742. The SMILES string of the molecule is CC(NC(C)(C)CC(N)=O)C(=O)OC(C)(C)C. The van der Waals surface area contributed by atoms with Gasteiger partial charge in [-0.2, -0.15) is 0 Å². The van der Waals surface area contributed by atoms with Crippen LogP contribution in [0.25, 0.3) is 0 Å². The number of hydrogen-bond acceptors (Lipinski definition) is 4. The largest absolute Gasteiger partial charge is 0.459 e. The number of nitrogens with two attached hydrogens (primary N) is 1. The molecule has 0 fully saturated rings. The Balaban J connectivity index is 4.38. The lowest BCUT2D eigenvalue weighted by Gasteiger charge is -2.30. The van der Waals surface area contributed by atoms with Gasteiger partial charge in [-0.15, -0.1) is 0 Å². The van der Waals surface area contributed by atoms with Crippen molar-refractivity contribution in [1.82, 2.24) is 5.32 Å². The van der Waals surface area contributed by atoms with Gasteiger partial charge in [0.25, 0.3) is 0 Å². The Morgan fingerprint density at radius 3 is 2.06 bits per heavy atom. The highest BCUT2D eigenvalue weighted by molar-refractivity contribution is 5.77. The summed E-state index contributed by atoms with van der Waals surface area (Å²) in [7, 11) is 0. The van der Waals surface area contributed by atoms with Crippen LogP contribution in [0.15, 0.2) is 0 Å². The molecule has 0 heterocycles. The molecule has 17 heavy (non-hydrogen) atoms. The third-order valence-electron chi connectivity index (χ3n) is 1.98. The maximum absolute atomic E-state index is 11.7. The fraction of sp³-hybridized carbons (Fsp3) is 0.833. The lowest BCUT2D eigenvalue weighted by molar-refractivity contribution is -0.157. The van der Waals surface area contributed by atoms with Crippen LogP contribution in [0.5, 0.6) is 0 Å². The first kappa shape index (κ1) is 15.9. The van der Waals surface area contributed by atoms with Crippen LogP contribution < -0.4 is 11.1 Å². The lowest BCUT2D eigenvalue weighted by atomic mass is 9.99. The summed E-state index contributed by atoms with van der Waals surface area (Å²) < 4.78 is 5.23. The Bertz CT molecular complexity index is 293. The molecular weight excluding hydrogens is 220 g/mol. The second kappa shape index (κ2) is 5.49. The molecule has 0 rings (SSSR count).